The van der Waals surface area contributed by atoms with E-state index < -0.39 is 36.2 Å². The van der Waals surface area contributed by atoms with Crippen molar-refractivity contribution >= 4 is 29.5 Å². The summed E-state index contributed by atoms with van der Waals surface area (Å²) in [6.07, 6.45) is -1.61. The third-order valence-corrected chi connectivity index (χ3v) is 4.81. The van der Waals surface area contributed by atoms with Crippen LogP contribution in [0.2, 0.25) is 0 Å². The molecule has 1 aliphatic heterocycles. The summed E-state index contributed by atoms with van der Waals surface area (Å²) in [5.74, 6) is -1.37. The molecule has 1 aromatic rings. The number of aliphatic hydroxyl groups is 1. The fourth-order valence-electron chi connectivity index (χ4n) is 2.90. The molecule has 1 heterocycles. The average Bonchev–Trinajstić information content (AvgIpc) is 3.16. The first-order valence-electron chi connectivity index (χ1n) is 10.4. The van der Waals surface area contributed by atoms with Gasteiger partial charge in [0.05, 0.1) is 20.1 Å². The molecule has 3 atom stereocenters. The summed E-state index contributed by atoms with van der Waals surface area (Å²) in [7, 11) is 1.16. The molecule has 1 aliphatic rings. The van der Waals surface area contributed by atoms with E-state index in [4.69, 9.17) is 20.7 Å². The zero-order valence-electron chi connectivity index (χ0n) is 18.5. The van der Waals surface area contributed by atoms with Crippen molar-refractivity contribution in [2.75, 3.05) is 20.3 Å². The average molecular weight is 463 g/mol. The van der Waals surface area contributed by atoms with E-state index in [0.717, 1.165) is 13.5 Å². The van der Waals surface area contributed by atoms with E-state index in [2.05, 4.69) is 20.5 Å². The maximum Gasteiger partial charge on any atom is 0.407 e. The van der Waals surface area contributed by atoms with Crippen LogP contribution in [-0.2, 0) is 23.9 Å². The highest BCUT2D eigenvalue weighted by Gasteiger charge is 2.35. The topological polar surface area (TPSA) is 185 Å². The van der Waals surface area contributed by atoms with Gasteiger partial charge in [-0.05, 0) is 6.42 Å². The van der Waals surface area contributed by atoms with Crippen LogP contribution in [0, 0.1) is 5.41 Å². The van der Waals surface area contributed by atoms with Crippen molar-refractivity contribution in [3.05, 3.63) is 35.4 Å². The molecule has 12 nitrogen and oxygen atoms in total. The standard InChI is InChI=1S/C21H29N5O7/c1-3-4-9-32-21(30)25-14(20(29)31-2)11-24-16(27)10-15-18(28)17(26-33-15)12-5-7-13(8-6-12)19(22)23/h5-8,14-15,18,28H,3-4,9-11H2,1-2H3,(H3,22,23)(H,24,27)(H,25,30)/t14-,15+,18+/m0/s1. The first kappa shape index (κ1) is 25.6. The Morgan fingerprint density at radius 3 is 2.61 bits per heavy atom. The number of ether oxygens (including phenoxy) is 2. The van der Waals surface area contributed by atoms with Crippen LogP contribution < -0.4 is 16.4 Å². The minimum absolute atomic E-state index is 0.0878. The molecule has 0 unspecified atom stereocenters. The molecule has 6 N–H and O–H groups in total. The third kappa shape index (κ3) is 7.45. The summed E-state index contributed by atoms with van der Waals surface area (Å²) in [6, 6.07) is 5.35. The Kier molecular flexibility index (Phi) is 9.61. The lowest BCUT2D eigenvalue weighted by molar-refractivity contribution is -0.143. The van der Waals surface area contributed by atoms with E-state index in [0.29, 0.717) is 17.5 Å². The second kappa shape index (κ2) is 12.4. The van der Waals surface area contributed by atoms with Crippen molar-refractivity contribution in [3.8, 4) is 0 Å². The van der Waals surface area contributed by atoms with E-state index in [1.165, 1.54) is 0 Å². The number of nitrogens with one attached hydrogen (secondary N) is 3. The van der Waals surface area contributed by atoms with Gasteiger partial charge in [0.25, 0.3) is 0 Å². The molecule has 0 fully saturated rings. The van der Waals surface area contributed by atoms with Gasteiger partial charge in [0.2, 0.25) is 5.91 Å². The summed E-state index contributed by atoms with van der Waals surface area (Å²) < 4.78 is 9.60. The van der Waals surface area contributed by atoms with Gasteiger partial charge in [-0.15, -0.1) is 0 Å². The van der Waals surface area contributed by atoms with Crippen LogP contribution in [0.1, 0.15) is 37.3 Å². The Bertz CT molecular complexity index is 887. The third-order valence-electron chi connectivity index (χ3n) is 4.81. The van der Waals surface area contributed by atoms with E-state index in [9.17, 15) is 19.5 Å². The summed E-state index contributed by atoms with van der Waals surface area (Å²) in [5, 5.41) is 26.6. The number of esters is 1. The summed E-state index contributed by atoms with van der Waals surface area (Å²) in [4.78, 5) is 41.2. The predicted molar refractivity (Wildman–Crippen MR) is 118 cm³/mol. The Morgan fingerprint density at radius 1 is 1.30 bits per heavy atom. The van der Waals surface area contributed by atoms with Crippen LogP contribution in [0.3, 0.4) is 0 Å². The molecule has 12 heteroatoms. The van der Waals surface area contributed by atoms with Gasteiger partial charge >= 0.3 is 12.1 Å². The highest BCUT2D eigenvalue weighted by molar-refractivity contribution is 6.05. The minimum Gasteiger partial charge on any atom is -0.467 e. The number of methoxy groups -OCH3 is 1. The molecule has 2 amide bonds. The van der Waals surface area contributed by atoms with Crippen molar-refractivity contribution in [1.82, 2.24) is 10.6 Å². The predicted octanol–water partition coefficient (Wildman–Crippen LogP) is 0.00867. The number of amidine groups is 1. The van der Waals surface area contributed by atoms with Crippen LogP contribution in [-0.4, -0.2) is 73.1 Å². The van der Waals surface area contributed by atoms with E-state index >= 15 is 0 Å². The highest BCUT2D eigenvalue weighted by atomic mass is 16.7. The Morgan fingerprint density at radius 2 is 2.00 bits per heavy atom. The van der Waals surface area contributed by atoms with Crippen molar-refractivity contribution in [2.45, 2.75) is 44.4 Å². The maximum atomic E-state index is 12.3. The fourth-order valence-corrected chi connectivity index (χ4v) is 2.90. The van der Waals surface area contributed by atoms with Gasteiger partial charge < -0.3 is 35.8 Å². The van der Waals surface area contributed by atoms with Crippen LogP contribution in [0.25, 0.3) is 0 Å². The van der Waals surface area contributed by atoms with E-state index in [-0.39, 0.29) is 31.1 Å². The number of nitrogen functional groups attached to an aromatic ring is 1. The molecule has 0 saturated carbocycles. The van der Waals surface area contributed by atoms with Crippen LogP contribution >= 0.6 is 0 Å². The van der Waals surface area contributed by atoms with Gasteiger partial charge in [-0.2, -0.15) is 0 Å². The molecule has 1 aromatic carbocycles. The molecule has 180 valence electrons. The lowest BCUT2D eigenvalue weighted by atomic mass is 9.99. The molecule has 0 aliphatic carbocycles. The molecule has 0 radical (unpaired) electrons. The lowest BCUT2D eigenvalue weighted by Crippen LogP contribution is -2.49. The number of oxime groups is 1. The number of alkyl carbamates (subject to hydrolysis) is 1. The zero-order valence-corrected chi connectivity index (χ0v) is 18.5. The number of unbranched alkanes of at least 4 members (excludes halogenated alkanes) is 1. The molecular weight excluding hydrogens is 434 g/mol. The molecule has 33 heavy (non-hydrogen) atoms. The normalized spacial score (nSPS) is 17.8. The molecule has 0 aromatic heterocycles. The lowest BCUT2D eigenvalue weighted by Gasteiger charge is -2.18. The number of benzene rings is 1. The van der Waals surface area contributed by atoms with E-state index in [1.807, 2.05) is 6.92 Å². The Balaban J connectivity index is 1.86. The van der Waals surface area contributed by atoms with Gasteiger partial charge in [0, 0.05) is 17.7 Å². The Hall–Kier alpha value is -3.67. The number of nitrogens with zero attached hydrogens (tertiary/aromatic N) is 1. The second-order valence-corrected chi connectivity index (χ2v) is 7.27. The largest absolute Gasteiger partial charge is 0.467 e. The monoisotopic (exact) mass is 463 g/mol. The summed E-state index contributed by atoms with van der Waals surface area (Å²) in [6.45, 7) is 1.91. The number of rotatable bonds is 11. The smallest absolute Gasteiger partial charge is 0.407 e. The zero-order chi connectivity index (χ0) is 24.4. The summed E-state index contributed by atoms with van der Waals surface area (Å²) >= 11 is 0. The molecular formula is C21H29N5O7. The van der Waals surface area contributed by atoms with Crippen molar-refractivity contribution in [1.29, 1.82) is 5.41 Å². The molecule has 0 saturated heterocycles. The first-order valence-corrected chi connectivity index (χ1v) is 10.4. The second-order valence-electron chi connectivity index (χ2n) is 7.27. The molecule has 2 rings (SSSR count). The minimum atomic E-state index is -1.16. The van der Waals surface area contributed by atoms with Gasteiger partial charge in [0.1, 0.15) is 23.7 Å². The molecule has 0 spiro atoms. The Labute approximate surface area is 190 Å². The number of aliphatic hydroxyl groups excluding tert-OH is 1. The highest BCUT2D eigenvalue weighted by Crippen LogP contribution is 2.20. The van der Waals surface area contributed by atoms with Gasteiger partial charge in [0.15, 0.2) is 6.10 Å². The molecule has 0 bridgehead atoms. The number of amides is 2. The number of nitrogens with two attached hydrogens (primary N) is 1. The van der Waals surface area contributed by atoms with Crippen LogP contribution in [0.15, 0.2) is 29.4 Å². The van der Waals surface area contributed by atoms with Gasteiger partial charge in [-0.1, -0.05) is 42.8 Å². The SMILES string of the molecule is CCCCOC(=O)N[C@@H](CNC(=O)C[C@H]1ON=C(c2ccc(C(=N)N)cc2)[C@@H]1O)C(=O)OC. The quantitative estimate of drug-likeness (QED) is 0.131. The fraction of sp³-hybridized carbons (Fsp3) is 0.476. The van der Waals surface area contributed by atoms with Gasteiger partial charge in [-0.25, -0.2) is 9.59 Å². The number of carbonyl (C=O) groups excluding carboxylic acids is 3. The summed E-state index contributed by atoms with van der Waals surface area (Å²) in [5.41, 5.74) is 6.75. The number of carbonyl (C=O) groups is 3. The first-order chi connectivity index (χ1) is 15.8. The van der Waals surface area contributed by atoms with E-state index in [1.54, 1.807) is 24.3 Å². The van der Waals surface area contributed by atoms with Crippen LogP contribution in [0.5, 0.6) is 0 Å². The number of hydrogen-bond acceptors (Lipinski definition) is 9. The number of hydrogen-bond donors (Lipinski definition) is 5. The van der Waals surface area contributed by atoms with Crippen molar-refractivity contribution < 1.29 is 33.8 Å². The maximum absolute atomic E-state index is 12.3. The van der Waals surface area contributed by atoms with Crippen molar-refractivity contribution in [2.24, 2.45) is 10.9 Å². The van der Waals surface area contributed by atoms with Gasteiger partial charge in [-0.3, -0.25) is 10.2 Å². The van der Waals surface area contributed by atoms with Crippen molar-refractivity contribution in [3.63, 3.8) is 0 Å². The van der Waals surface area contributed by atoms with Crippen LogP contribution in [0.4, 0.5) is 4.79 Å².